The van der Waals surface area contributed by atoms with E-state index in [-0.39, 0.29) is 6.61 Å². The number of aliphatic hydroxyl groups excluding tert-OH is 1. The topological polar surface area (TPSA) is 50.9 Å². The summed E-state index contributed by atoms with van der Waals surface area (Å²) in [6, 6.07) is 0. The second-order valence-electron chi connectivity index (χ2n) is 4.57. The Hall–Kier alpha value is -0.900. The van der Waals surface area contributed by atoms with E-state index in [9.17, 15) is 0 Å². The fourth-order valence-corrected chi connectivity index (χ4v) is 1.88. The van der Waals surface area contributed by atoms with Gasteiger partial charge in [0.05, 0.1) is 5.69 Å². The summed E-state index contributed by atoms with van der Waals surface area (Å²) in [5.74, 6) is 0. The van der Waals surface area contributed by atoms with Crippen LogP contribution in [-0.4, -0.2) is 26.7 Å². The summed E-state index contributed by atoms with van der Waals surface area (Å²) in [6.45, 7) is 3.44. The van der Waals surface area contributed by atoms with E-state index in [1.807, 2.05) is 10.9 Å². The summed E-state index contributed by atoms with van der Waals surface area (Å²) < 4.78 is 1.92. The van der Waals surface area contributed by atoms with Gasteiger partial charge in [0.15, 0.2) is 0 Å². The van der Waals surface area contributed by atoms with Gasteiger partial charge in [0, 0.05) is 19.3 Å². The molecule has 0 fully saturated rings. The average molecular weight is 239 g/mol. The average Bonchev–Trinajstić information content (AvgIpc) is 2.79. The van der Waals surface area contributed by atoms with Crippen molar-refractivity contribution < 1.29 is 5.11 Å². The normalized spacial score (nSPS) is 10.9. The predicted molar refractivity (Wildman–Crippen MR) is 68.8 cm³/mol. The number of unbranched alkanes of at least 4 members (excludes halogenated alkanes) is 5. The van der Waals surface area contributed by atoms with Gasteiger partial charge < -0.3 is 5.11 Å². The second kappa shape index (κ2) is 9.16. The zero-order valence-corrected chi connectivity index (χ0v) is 10.9. The molecule has 0 bridgehead atoms. The minimum absolute atomic E-state index is 0.226. The number of nitrogens with zero attached hydrogens (tertiary/aromatic N) is 3. The summed E-state index contributed by atoms with van der Waals surface area (Å²) in [4.78, 5) is 0. The lowest BCUT2D eigenvalue weighted by Crippen LogP contribution is -1.98. The highest BCUT2D eigenvalue weighted by atomic mass is 16.2. The first-order chi connectivity index (χ1) is 8.36. The fourth-order valence-electron chi connectivity index (χ4n) is 1.88. The summed E-state index contributed by atoms with van der Waals surface area (Å²) in [6.07, 6.45) is 11.4. The molecule has 1 aromatic rings. The van der Waals surface area contributed by atoms with Gasteiger partial charge in [0.25, 0.3) is 0 Å². The van der Waals surface area contributed by atoms with Crippen LogP contribution in [0.15, 0.2) is 6.20 Å². The molecular formula is C13H25N3O. The number of aromatic nitrogens is 3. The Kier molecular flexibility index (Phi) is 7.63. The van der Waals surface area contributed by atoms with Crippen molar-refractivity contribution in [2.75, 3.05) is 6.61 Å². The first kappa shape index (κ1) is 14.2. The van der Waals surface area contributed by atoms with Crippen molar-refractivity contribution >= 4 is 0 Å². The van der Waals surface area contributed by atoms with E-state index >= 15 is 0 Å². The monoisotopic (exact) mass is 239 g/mol. The van der Waals surface area contributed by atoms with E-state index in [0.717, 1.165) is 25.1 Å². The molecule has 4 heteroatoms. The zero-order chi connectivity index (χ0) is 12.3. The lowest BCUT2D eigenvalue weighted by atomic mass is 10.1. The van der Waals surface area contributed by atoms with Gasteiger partial charge in [-0.05, 0) is 19.3 Å². The lowest BCUT2D eigenvalue weighted by Gasteiger charge is -2.00. The van der Waals surface area contributed by atoms with Crippen LogP contribution in [0.5, 0.6) is 0 Å². The van der Waals surface area contributed by atoms with Crippen LogP contribution in [0.1, 0.15) is 57.6 Å². The Bertz CT molecular complexity index is 286. The zero-order valence-electron chi connectivity index (χ0n) is 10.9. The molecule has 4 nitrogen and oxygen atoms in total. The predicted octanol–water partition coefficient (Wildman–Crippen LogP) is 2.56. The summed E-state index contributed by atoms with van der Waals surface area (Å²) in [5, 5.41) is 16.9. The third-order valence-corrected chi connectivity index (χ3v) is 2.92. The number of rotatable bonds is 10. The quantitative estimate of drug-likeness (QED) is 0.638. The minimum atomic E-state index is 0.226. The van der Waals surface area contributed by atoms with Gasteiger partial charge in [-0.2, -0.15) is 0 Å². The second-order valence-corrected chi connectivity index (χ2v) is 4.57. The van der Waals surface area contributed by atoms with E-state index in [1.54, 1.807) is 0 Å². The molecule has 0 aromatic carbocycles. The van der Waals surface area contributed by atoms with Crippen molar-refractivity contribution in [2.24, 2.45) is 0 Å². The van der Waals surface area contributed by atoms with Crippen LogP contribution in [0, 0.1) is 0 Å². The molecule has 0 aliphatic carbocycles. The van der Waals surface area contributed by atoms with Crippen molar-refractivity contribution in [3.8, 4) is 0 Å². The fraction of sp³-hybridized carbons (Fsp3) is 0.846. The molecule has 17 heavy (non-hydrogen) atoms. The molecule has 0 amide bonds. The van der Waals surface area contributed by atoms with Crippen LogP contribution in [0.4, 0.5) is 0 Å². The maximum Gasteiger partial charge on any atom is 0.0828 e. The lowest BCUT2D eigenvalue weighted by molar-refractivity contribution is 0.288. The van der Waals surface area contributed by atoms with Crippen molar-refractivity contribution in [3.05, 3.63) is 11.9 Å². The molecule has 0 atom stereocenters. The van der Waals surface area contributed by atoms with Crippen molar-refractivity contribution in [3.63, 3.8) is 0 Å². The maximum atomic E-state index is 8.72. The van der Waals surface area contributed by atoms with Crippen LogP contribution in [-0.2, 0) is 13.0 Å². The molecule has 0 unspecified atom stereocenters. The third-order valence-electron chi connectivity index (χ3n) is 2.92. The van der Waals surface area contributed by atoms with E-state index in [1.165, 1.54) is 38.5 Å². The Morgan fingerprint density at radius 2 is 1.88 bits per heavy atom. The Balaban J connectivity index is 2.08. The van der Waals surface area contributed by atoms with Gasteiger partial charge in [0.2, 0.25) is 0 Å². The van der Waals surface area contributed by atoms with Gasteiger partial charge in [0.1, 0.15) is 0 Å². The van der Waals surface area contributed by atoms with Gasteiger partial charge >= 0.3 is 0 Å². The highest BCUT2D eigenvalue weighted by Crippen LogP contribution is 2.06. The van der Waals surface area contributed by atoms with Crippen molar-refractivity contribution in [2.45, 2.75) is 64.8 Å². The molecule has 1 aromatic heterocycles. The first-order valence-electron chi connectivity index (χ1n) is 6.86. The van der Waals surface area contributed by atoms with Crippen LogP contribution < -0.4 is 0 Å². The highest BCUT2D eigenvalue weighted by molar-refractivity contribution is 4.91. The van der Waals surface area contributed by atoms with E-state index in [4.69, 9.17) is 5.11 Å². The Morgan fingerprint density at radius 3 is 2.65 bits per heavy atom. The SMILES string of the molecule is CCCCCCCCn1cc(CCCO)nn1. The molecule has 0 aliphatic heterocycles. The smallest absolute Gasteiger partial charge is 0.0828 e. The van der Waals surface area contributed by atoms with Crippen molar-refractivity contribution in [1.29, 1.82) is 0 Å². The van der Waals surface area contributed by atoms with Gasteiger partial charge in [-0.1, -0.05) is 44.2 Å². The molecule has 98 valence electrons. The molecule has 1 heterocycles. The van der Waals surface area contributed by atoms with E-state index in [2.05, 4.69) is 17.2 Å². The number of hydrogen-bond donors (Lipinski definition) is 1. The van der Waals surface area contributed by atoms with Crippen LogP contribution in [0.2, 0.25) is 0 Å². The molecular weight excluding hydrogens is 214 g/mol. The highest BCUT2D eigenvalue weighted by Gasteiger charge is 2.00. The van der Waals surface area contributed by atoms with Gasteiger partial charge in [-0.25, -0.2) is 0 Å². The molecule has 1 rings (SSSR count). The Morgan fingerprint density at radius 1 is 1.12 bits per heavy atom. The summed E-state index contributed by atoms with van der Waals surface area (Å²) >= 11 is 0. The van der Waals surface area contributed by atoms with Crippen LogP contribution in [0.25, 0.3) is 0 Å². The Labute approximate surface area is 104 Å². The van der Waals surface area contributed by atoms with Gasteiger partial charge in [-0.15, -0.1) is 5.10 Å². The number of aliphatic hydroxyl groups is 1. The third kappa shape index (κ3) is 6.41. The minimum Gasteiger partial charge on any atom is -0.396 e. The largest absolute Gasteiger partial charge is 0.396 e. The number of aryl methyl sites for hydroxylation is 2. The standard InChI is InChI=1S/C13H25N3O/c1-2-3-4-5-6-7-10-16-12-13(14-15-16)9-8-11-17/h12,17H,2-11H2,1H3. The van der Waals surface area contributed by atoms with Crippen molar-refractivity contribution in [1.82, 2.24) is 15.0 Å². The van der Waals surface area contributed by atoms with Crippen LogP contribution >= 0.6 is 0 Å². The molecule has 1 N–H and O–H groups in total. The summed E-state index contributed by atoms with van der Waals surface area (Å²) in [5.41, 5.74) is 0.991. The van der Waals surface area contributed by atoms with Gasteiger partial charge in [-0.3, -0.25) is 4.68 Å². The number of hydrogen-bond acceptors (Lipinski definition) is 3. The summed E-state index contributed by atoms with van der Waals surface area (Å²) in [7, 11) is 0. The van der Waals surface area contributed by atoms with Crippen LogP contribution in [0.3, 0.4) is 0 Å². The van der Waals surface area contributed by atoms with E-state index in [0.29, 0.717) is 0 Å². The molecule has 0 saturated heterocycles. The molecule has 0 radical (unpaired) electrons. The maximum absolute atomic E-state index is 8.72. The molecule has 0 saturated carbocycles. The first-order valence-corrected chi connectivity index (χ1v) is 6.86. The molecule has 0 aliphatic rings. The van der Waals surface area contributed by atoms with E-state index < -0.39 is 0 Å². The molecule has 0 spiro atoms.